The number of amides is 1. The number of hydrogen-bond donors (Lipinski definition) is 2. The van der Waals surface area contributed by atoms with E-state index in [1.165, 1.54) is 0 Å². The molecule has 1 amide bonds. The Morgan fingerprint density at radius 1 is 1.56 bits per heavy atom. The molecule has 0 saturated carbocycles. The van der Waals surface area contributed by atoms with Gasteiger partial charge in [-0.3, -0.25) is 4.68 Å². The van der Waals surface area contributed by atoms with Crippen molar-refractivity contribution in [3.8, 4) is 0 Å². The summed E-state index contributed by atoms with van der Waals surface area (Å²) in [6.07, 6.45) is 1.39. The molecule has 0 aliphatic rings. The van der Waals surface area contributed by atoms with Crippen molar-refractivity contribution in [2.24, 2.45) is 7.05 Å². The van der Waals surface area contributed by atoms with Crippen LogP contribution in [0.2, 0.25) is 0 Å². The van der Waals surface area contributed by atoms with Gasteiger partial charge < -0.3 is 15.4 Å². The molecular formula is C10H18N4O2. The molecule has 1 heterocycles. The van der Waals surface area contributed by atoms with Crippen LogP contribution in [0.25, 0.3) is 0 Å². The van der Waals surface area contributed by atoms with Crippen LogP contribution in [0.5, 0.6) is 0 Å². The molecule has 90 valence electrons. The average Bonchev–Trinajstić information content (AvgIpc) is 2.64. The second-order valence-corrected chi connectivity index (χ2v) is 3.27. The van der Waals surface area contributed by atoms with Gasteiger partial charge in [-0.2, -0.15) is 5.10 Å². The van der Waals surface area contributed by atoms with Crippen LogP contribution in [0.1, 0.15) is 12.6 Å². The first-order valence-electron chi connectivity index (χ1n) is 5.32. The highest BCUT2D eigenvalue weighted by molar-refractivity contribution is 5.66. The number of carbonyl (C=O) groups is 1. The average molecular weight is 226 g/mol. The first-order valence-corrected chi connectivity index (χ1v) is 5.32. The van der Waals surface area contributed by atoms with Crippen LogP contribution < -0.4 is 10.6 Å². The van der Waals surface area contributed by atoms with E-state index in [4.69, 9.17) is 4.74 Å². The number of hydrogen-bond acceptors (Lipinski definition) is 4. The normalized spacial score (nSPS) is 10.1. The van der Waals surface area contributed by atoms with Crippen molar-refractivity contribution in [3.63, 3.8) is 0 Å². The third-order valence-corrected chi connectivity index (χ3v) is 2.08. The van der Waals surface area contributed by atoms with Gasteiger partial charge in [0.05, 0.1) is 12.3 Å². The third-order valence-electron chi connectivity index (χ3n) is 2.08. The van der Waals surface area contributed by atoms with Crippen molar-refractivity contribution in [2.45, 2.75) is 13.5 Å². The zero-order valence-electron chi connectivity index (χ0n) is 9.69. The van der Waals surface area contributed by atoms with Gasteiger partial charge in [0.2, 0.25) is 0 Å². The summed E-state index contributed by atoms with van der Waals surface area (Å²) in [5, 5.41) is 9.88. The Bertz CT molecular complexity index is 324. The number of alkyl carbamates (subject to hydrolysis) is 1. The van der Waals surface area contributed by atoms with E-state index in [0.29, 0.717) is 19.7 Å². The predicted octanol–water partition coefficient (Wildman–Crippen LogP) is 0.256. The van der Waals surface area contributed by atoms with Gasteiger partial charge in [0.1, 0.15) is 0 Å². The minimum atomic E-state index is -0.371. The molecule has 0 fully saturated rings. The lowest BCUT2D eigenvalue weighted by molar-refractivity contribution is 0.152. The first-order chi connectivity index (χ1) is 7.74. The minimum absolute atomic E-state index is 0.371. The predicted molar refractivity (Wildman–Crippen MR) is 59.9 cm³/mol. The molecule has 1 aromatic rings. The fourth-order valence-corrected chi connectivity index (χ4v) is 1.23. The van der Waals surface area contributed by atoms with Gasteiger partial charge in [-0.25, -0.2) is 4.79 Å². The molecule has 6 heteroatoms. The van der Waals surface area contributed by atoms with E-state index in [9.17, 15) is 4.79 Å². The van der Waals surface area contributed by atoms with Crippen LogP contribution in [-0.2, 0) is 18.3 Å². The number of ether oxygens (including phenoxy) is 1. The summed E-state index contributed by atoms with van der Waals surface area (Å²) in [5.41, 5.74) is 1.11. The van der Waals surface area contributed by atoms with E-state index < -0.39 is 0 Å². The minimum Gasteiger partial charge on any atom is -0.450 e. The Hall–Kier alpha value is -1.56. The van der Waals surface area contributed by atoms with Crippen molar-refractivity contribution < 1.29 is 9.53 Å². The Balaban J connectivity index is 2.04. The summed E-state index contributed by atoms with van der Waals surface area (Å²) < 4.78 is 6.53. The van der Waals surface area contributed by atoms with Gasteiger partial charge in [-0.15, -0.1) is 0 Å². The van der Waals surface area contributed by atoms with E-state index in [1.807, 2.05) is 17.8 Å². The number of nitrogens with one attached hydrogen (secondary N) is 2. The van der Waals surface area contributed by atoms with E-state index in [1.54, 1.807) is 13.1 Å². The molecule has 1 rings (SSSR count). The van der Waals surface area contributed by atoms with Crippen LogP contribution in [-0.4, -0.2) is 35.6 Å². The molecule has 0 bridgehead atoms. The zero-order valence-corrected chi connectivity index (χ0v) is 9.69. The Morgan fingerprint density at radius 3 is 3.00 bits per heavy atom. The molecule has 6 nitrogen and oxygen atoms in total. The lowest BCUT2D eigenvalue weighted by Crippen LogP contribution is -2.32. The monoisotopic (exact) mass is 226 g/mol. The number of nitrogens with zero attached hydrogens (tertiary/aromatic N) is 2. The summed E-state index contributed by atoms with van der Waals surface area (Å²) >= 11 is 0. The smallest absolute Gasteiger partial charge is 0.407 e. The highest BCUT2D eigenvalue weighted by atomic mass is 16.5. The number of rotatable bonds is 6. The van der Waals surface area contributed by atoms with Crippen LogP contribution in [0, 0.1) is 0 Å². The highest BCUT2D eigenvalue weighted by Gasteiger charge is 1.99. The van der Waals surface area contributed by atoms with Crippen molar-refractivity contribution in [1.29, 1.82) is 0 Å². The van der Waals surface area contributed by atoms with E-state index in [2.05, 4.69) is 15.7 Å². The number of carbonyl (C=O) groups excluding carboxylic acids is 1. The van der Waals surface area contributed by atoms with Gasteiger partial charge >= 0.3 is 6.09 Å². The summed E-state index contributed by atoms with van der Waals surface area (Å²) in [6.45, 7) is 4.16. The maximum Gasteiger partial charge on any atom is 0.407 e. The summed E-state index contributed by atoms with van der Waals surface area (Å²) in [5.74, 6) is 0. The SMILES string of the molecule is CCOC(=O)NCCNCc1ccnn1C. The molecule has 0 spiro atoms. The maximum absolute atomic E-state index is 10.9. The van der Waals surface area contributed by atoms with Crippen LogP contribution in [0.4, 0.5) is 4.79 Å². The van der Waals surface area contributed by atoms with E-state index >= 15 is 0 Å². The van der Waals surface area contributed by atoms with Crippen molar-refractivity contribution in [1.82, 2.24) is 20.4 Å². The molecule has 16 heavy (non-hydrogen) atoms. The molecule has 0 aromatic carbocycles. The second-order valence-electron chi connectivity index (χ2n) is 3.27. The molecule has 1 aromatic heterocycles. The standard InChI is InChI=1S/C10H18N4O2/c1-3-16-10(15)12-7-6-11-8-9-4-5-13-14(9)2/h4-5,11H,3,6-8H2,1-2H3,(H,12,15). The van der Waals surface area contributed by atoms with Crippen molar-refractivity contribution in [3.05, 3.63) is 18.0 Å². The fraction of sp³-hybridized carbons (Fsp3) is 0.600. The molecule has 0 unspecified atom stereocenters. The van der Waals surface area contributed by atoms with Crippen LogP contribution in [0.15, 0.2) is 12.3 Å². The van der Waals surface area contributed by atoms with Gasteiger partial charge in [0.25, 0.3) is 0 Å². The molecule has 0 radical (unpaired) electrons. The molecule has 0 aliphatic heterocycles. The Labute approximate surface area is 95.0 Å². The third kappa shape index (κ3) is 4.31. The van der Waals surface area contributed by atoms with Crippen LogP contribution in [0.3, 0.4) is 0 Å². The molecule has 0 atom stereocenters. The molecule has 0 saturated heterocycles. The lowest BCUT2D eigenvalue weighted by Gasteiger charge is -2.06. The topological polar surface area (TPSA) is 68.2 Å². The molecular weight excluding hydrogens is 208 g/mol. The van der Waals surface area contributed by atoms with Crippen LogP contribution >= 0.6 is 0 Å². The first kappa shape index (κ1) is 12.5. The highest BCUT2D eigenvalue weighted by Crippen LogP contribution is 1.93. The van der Waals surface area contributed by atoms with Crippen molar-refractivity contribution >= 4 is 6.09 Å². The summed E-state index contributed by atoms with van der Waals surface area (Å²) in [7, 11) is 1.90. The second kappa shape index (κ2) is 6.84. The van der Waals surface area contributed by atoms with Gasteiger partial charge in [0.15, 0.2) is 0 Å². The Kier molecular flexibility index (Phi) is 5.35. The summed E-state index contributed by atoms with van der Waals surface area (Å²) in [4.78, 5) is 10.9. The van der Waals surface area contributed by atoms with Gasteiger partial charge in [-0.05, 0) is 13.0 Å². The molecule has 2 N–H and O–H groups in total. The van der Waals surface area contributed by atoms with E-state index in [0.717, 1.165) is 12.2 Å². The quantitative estimate of drug-likeness (QED) is 0.683. The van der Waals surface area contributed by atoms with E-state index in [-0.39, 0.29) is 6.09 Å². The zero-order chi connectivity index (χ0) is 11.8. The van der Waals surface area contributed by atoms with Gasteiger partial charge in [-0.1, -0.05) is 0 Å². The number of aromatic nitrogens is 2. The molecule has 0 aliphatic carbocycles. The number of aryl methyl sites for hydroxylation is 1. The lowest BCUT2D eigenvalue weighted by atomic mass is 10.4. The Morgan fingerprint density at radius 2 is 2.38 bits per heavy atom. The van der Waals surface area contributed by atoms with Gasteiger partial charge in [0, 0.05) is 32.9 Å². The summed E-state index contributed by atoms with van der Waals surface area (Å²) in [6, 6.07) is 1.95. The van der Waals surface area contributed by atoms with Crippen molar-refractivity contribution in [2.75, 3.05) is 19.7 Å². The fourth-order valence-electron chi connectivity index (χ4n) is 1.23. The largest absolute Gasteiger partial charge is 0.450 e. The maximum atomic E-state index is 10.9.